The van der Waals surface area contributed by atoms with E-state index in [9.17, 15) is 41.0 Å². The highest BCUT2D eigenvalue weighted by atomic mass is 32.1. The Kier molecular flexibility index (Phi) is 16.2. The molecule has 11 nitrogen and oxygen atoms in total. The maximum Gasteiger partial charge on any atom is 0.490 e. The molecule has 1 atom stereocenters. The molecule has 1 heterocycles. The first kappa shape index (κ1) is 42.0. The van der Waals surface area contributed by atoms with Gasteiger partial charge in [-0.2, -0.15) is 26.3 Å². The molecule has 0 radical (unpaired) electrons. The molecule has 1 saturated carbocycles. The first-order chi connectivity index (χ1) is 23.3. The van der Waals surface area contributed by atoms with Crippen molar-refractivity contribution in [3.63, 3.8) is 0 Å². The quantitative estimate of drug-likeness (QED) is 0.145. The topological polar surface area (TPSA) is 177 Å². The van der Waals surface area contributed by atoms with Crippen molar-refractivity contribution in [3.05, 3.63) is 63.3 Å². The Morgan fingerprint density at radius 3 is 2.00 bits per heavy atom. The Morgan fingerprint density at radius 2 is 1.48 bits per heavy atom. The highest BCUT2D eigenvalue weighted by Crippen LogP contribution is 2.29. The van der Waals surface area contributed by atoms with Crippen LogP contribution < -0.4 is 10.6 Å². The number of hydrogen-bond acceptors (Lipinski definition) is 8. The summed E-state index contributed by atoms with van der Waals surface area (Å²) in [5.74, 6) is -5.29. The minimum atomic E-state index is -5.08. The number of H-pyrrole nitrogens is 1. The van der Waals surface area contributed by atoms with Crippen LogP contribution in [-0.2, 0) is 20.8 Å². The number of carboxylic acid groups (broad SMARTS) is 2. The van der Waals surface area contributed by atoms with Crippen LogP contribution in [0.2, 0.25) is 0 Å². The predicted molar refractivity (Wildman–Crippen MR) is 174 cm³/mol. The highest BCUT2D eigenvalue weighted by Gasteiger charge is 2.39. The third-order valence-corrected chi connectivity index (χ3v) is 8.87. The lowest BCUT2D eigenvalue weighted by atomic mass is 10.0. The molecule has 1 amide bonds. The number of amides is 1. The molecule has 1 fully saturated rings. The molecule has 6 N–H and O–H groups in total. The van der Waals surface area contributed by atoms with Gasteiger partial charge >= 0.3 is 29.2 Å². The molecular formula is C32H40F6N4O7S. The van der Waals surface area contributed by atoms with E-state index in [1.807, 2.05) is 12.1 Å². The van der Waals surface area contributed by atoms with Gasteiger partial charge in [0.2, 0.25) is 5.91 Å². The number of halogens is 6. The monoisotopic (exact) mass is 738 g/mol. The van der Waals surface area contributed by atoms with Crippen LogP contribution in [0.5, 0.6) is 5.75 Å². The molecule has 0 unspecified atom stereocenters. The van der Waals surface area contributed by atoms with Crippen LogP contribution in [0, 0.1) is 0 Å². The van der Waals surface area contributed by atoms with Gasteiger partial charge in [-0.05, 0) is 42.4 Å². The van der Waals surface area contributed by atoms with Crippen LogP contribution in [0.15, 0.2) is 47.3 Å². The molecule has 0 saturated heterocycles. The number of benzene rings is 2. The maximum atomic E-state index is 11.9. The van der Waals surface area contributed by atoms with E-state index < -0.39 is 24.3 Å². The van der Waals surface area contributed by atoms with Crippen molar-refractivity contribution >= 4 is 39.4 Å². The van der Waals surface area contributed by atoms with E-state index in [1.54, 1.807) is 6.07 Å². The number of nitrogens with two attached hydrogens (primary N) is 1. The van der Waals surface area contributed by atoms with Crippen molar-refractivity contribution in [3.8, 4) is 5.75 Å². The summed E-state index contributed by atoms with van der Waals surface area (Å²) in [6.45, 7) is 6.49. The van der Waals surface area contributed by atoms with E-state index in [0.717, 1.165) is 42.9 Å². The van der Waals surface area contributed by atoms with E-state index in [2.05, 4.69) is 46.0 Å². The molecule has 0 aliphatic heterocycles. The summed E-state index contributed by atoms with van der Waals surface area (Å²) in [6, 6.07) is 14.7. The Bertz CT molecular complexity index is 1570. The number of thiazole rings is 1. The average molecular weight is 739 g/mol. The van der Waals surface area contributed by atoms with E-state index in [-0.39, 0.29) is 16.5 Å². The zero-order valence-electron chi connectivity index (χ0n) is 27.1. The summed E-state index contributed by atoms with van der Waals surface area (Å²) >= 11 is 1.17. The summed E-state index contributed by atoms with van der Waals surface area (Å²) in [5.41, 5.74) is 8.43. The van der Waals surface area contributed by atoms with Gasteiger partial charge in [0.1, 0.15) is 11.3 Å². The predicted octanol–water partition coefficient (Wildman–Crippen LogP) is 5.33. The van der Waals surface area contributed by atoms with Gasteiger partial charge in [-0.15, -0.1) is 0 Å². The van der Waals surface area contributed by atoms with E-state index in [0.29, 0.717) is 30.4 Å². The largest absolute Gasteiger partial charge is 0.506 e. The van der Waals surface area contributed by atoms with Crippen molar-refractivity contribution in [1.29, 1.82) is 0 Å². The van der Waals surface area contributed by atoms with Crippen molar-refractivity contribution in [1.82, 2.24) is 14.8 Å². The number of hydrogen-bond donors (Lipinski definition) is 5. The number of aromatic nitrogens is 1. The second-order valence-electron chi connectivity index (χ2n) is 11.6. The number of aliphatic carboxylic acids is 2. The number of rotatable bonds is 13. The number of nitrogens with one attached hydrogen (secondary N) is 1. The fraction of sp³-hybridized carbons (Fsp3) is 0.500. The first-order valence-electron chi connectivity index (χ1n) is 15.5. The molecule has 50 heavy (non-hydrogen) atoms. The number of nitrogens with zero attached hydrogens (tertiary/aromatic N) is 2. The number of primary amides is 1. The minimum Gasteiger partial charge on any atom is -0.506 e. The Balaban J connectivity index is 0.000000521. The lowest BCUT2D eigenvalue weighted by molar-refractivity contribution is -0.193. The van der Waals surface area contributed by atoms with Crippen LogP contribution in [-0.4, -0.2) is 99.1 Å². The number of phenols is 1. The second-order valence-corrected chi connectivity index (χ2v) is 12.6. The number of aromatic amines is 1. The van der Waals surface area contributed by atoms with Crippen LogP contribution in [0.3, 0.4) is 0 Å². The normalized spacial score (nSPS) is 14.2. The number of carbonyl (C=O) groups is 3. The van der Waals surface area contributed by atoms with Gasteiger partial charge in [0, 0.05) is 45.2 Å². The molecule has 1 aliphatic carbocycles. The molecule has 3 aromatic rings. The number of alkyl halides is 6. The third-order valence-electron chi connectivity index (χ3n) is 7.91. The second kappa shape index (κ2) is 19.3. The van der Waals surface area contributed by atoms with Crippen molar-refractivity contribution in [2.75, 3.05) is 32.7 Å². The lowest BCUT2D eigenvalue weighted by Crippen LogP contribution is -2.42. The molecule has 1 aromatic heterocycles. The summed E-state index contributed by atoms with van der Waals surface area (Å²) in [5, 5.41) is 24.4. The van der Waals surface area contributed by atoms with Gasteiger partial charge in [-0.25, -0.2) is 9.59 Å². The molecule has 0 spiro atoms. The maximum absolute atomic E-state index is 11.9. The number of phenolic OH excluding ortho intramolecular Hbond substituents is 1. The van der Waals surface area contributed by atoms with Gasteiger partial charge in [0.05, 0.1) is 4.70 Å². The number of aromatic hydroxyl groups is 1. The molecular weight excluding hydrogens is 698 g/mol. The van der Waals surface area contributed by atoms with Gasteiger partial charge in [0.25, 0.3) is 0 Å². The average Bonchev–Trinajstić information content (AvgIpc) is 3.71. The van der Waals surface area contributed by atoms with Crippen molar-refractivity contribution in [2.45, 2.75) is 69.8 Å². The smallest absolute Gasteiger partial charge is 0.490 e. The van der Waals surface area contributed by atoms with E-state index >= 15 is 0 Å². The first-order valence-corrected chi connectivity index (χ1v) is 16.3. The Morgan fingerprint density at radius 1 is 0.920 bits per heavy atom. The van der Waals surface area contributed by atoms with Crippen LogP contribution in [0.4, 0.5) is 26.3 Å². The summed E-state index contributed by atoms with van der Waals surface area (Å²) < 4.78 is 64.3. The fourth-order valence-electron chi connectivity index (χ4n) is 5.39. The molecule has 278 valence electrons. The minimum absolute atomic E-state index is 0.123. The zero-order chi connectivity index (χ0) is 37.6. The van der Waals surface area contributed by atoms with Gasteiger partial charge in [0.15, 0.2) is 0 Å². The zero-order valence-corrected chi connectivity index (χ0v) is 27.9. The van der Waals surface area contributed by atoms with E-state index in [1.165, 1.54) is 42.6 Å². The van der Waals surface area contributed by atoms with Crippen LogP contribution >= 0.6 is 11.3 Å². The Hall–Kier alpha value is -4.16. The summed E-state index contributed by atoms with van der Waals surface area (Å²) in [6.07, 6.45) is -4.03. The fourth-order valence-corrected chi connectivity index (χ4v) is 6.28. The number of carbonyl (C=O) groups excluding carboxylic acids is 1. The standard InChI is InChI=1S/C28H38N4O3S.2C2HF3O2/c1-20(21-7-3-2-4-8-21)19-31(15-14-25(29)34)17-18-32(23-9-5-6-10-23)16-13-22-11-12-24(33)26-27(22)36-28(35)30-26;2*3-2(4,5)1(6)7/h2-4,7-8,11-12,20,23,33H,5-6,9-10,13-19H2,1H3,(H2,29,34)(H,30,35);2*(H,6,7)/t20-;;/m1../s1. The van der Waals surface area contributed by atoms with Gasteiger partial charge < -0.3 is 30.9 Å². The number of fused-ring (bicyclic) bond motifs is 1. The Labute approximate surface area is 287 Å². The lowest BCUT2D eigenvalue weighted by Gasteiger charge is -2.33. The summed E-state index contributed by atoms with van der Waals surface area (Å²) in [4.78, 5) is 48.8. The van der Waals surface area contributed by atoms with Crippen LogP contribution in [0.25, 0.3) is 10.2 Å². The van der Waals surface area contributed by atoms with Gasteiger partial charge in [-0.3, -0.25) is 14.5 Å². The molecule has 0 bridgehead atoms. The highest BCUT2D eigenvalue weighted by molar-refractivity contribution is 7.16. The number of carboxylic acids is 2. The van der Waals surface area contributed by atoms with Gasteiger partial charge in [-0.1, -0.05) is 67.5 Å². The molecule has 2 aromatic carbocycles. The van der Waals surface area contributed by atoms with Crippen molar-refractivity contribution in [2.24, 2.45) is 5.73 Å². The van der Waals surface area contributed by atoms with Crippen LogP contribution in [0.1, 0.15) is 56.1 Å². The summed E-state index contributed by atoms with van der Waals surface area (Å²) in [7, 11) is 0. The van der Waals surface area contributed by atoms with Crippen molar-refractivity contribution < 1.29 is 56.0 Å². The van der Waals surface area contributed by atoms with E-state index in [4.69, 9.17) is 25.5 Å². The third kappa shape index (κ3) is 14.4. The SMILES string of the molecule is C[C@H](CN(CCC(N)=O)CCN(CCc1ccc(O)c2[nH]c(=O)sc12)C1CCCC1)c1ccccc1.O=C(O)C(F)(F)F.O=C(O)C(F)(F)F. The molecule has 1 aliphatic rings. The molecule has 18 heteroatoms. The molecule has 4 rings (SSSR count).